The first-order valence-electron chi connectivity index (χ1n) is 7.64. The van der Waals surface area contributed by atoms with Crippen molar-refractivity contribution in [3.63, 3.8) is 0 Å². The summed E-state index contributed by atoms with van der Waals surface area (Å²) in [5.74, 6) is -2.06. The SMILES string of the molecule is NC(=O)CCN(Cc1ccccc1)CC(O)c1c(F)cccc1F. The molecule has 0 aromatic heterocycles. The fourth-order valence-electron chi connectivity index (χ4n) is 2.51. The number of aliphatic hydroxyl groups excluding tert-OH is 1. The minimum Gasteiger partial charge on any atom is -0.387 e. The number of carbonyl (C=O) groups is 1. The molecular weight excluding hydrogens is 314 g/mol. The van der Waals surface area contributed by atoms with Crippen molar-refractivity contribution in [2.24, 2.45) is 5.73 Å². The average Bonchev–Trinajstić information content (AvgIpc) is 2.53. The van der Waals surface area contributed by atoms with E-state index < -0.39 is 23.6 Å². The number of halogens is 2. The fraction of sp³-hybridized carbons (Fsp3) is 0.278. The van der Waals surface area contributed by atoms with Crippen molar-refractivity contribution in [1.82, 2.24) is 4.90 Å². The second-order valence-corrected chi connectivity index (χ2v) is 5.59. The number of amides is 1. The van der Waals surface area contributed by atoms with Crippen LogP contribution in [-0.2, 0) is 11.3 Å². The van der Waals surface area contributed by atoms with Crippen molar-refractivity contribution in [3.05, 3.63) is 71.3 Å². The summed E-state index contributed by atoms with van der Waals surface area (Å²) in [6, 6.07) is 12.9. The van der Waals surface area contributed by atoms with E-state index in [9.17, 15) is 18.7 Å². The molecule has 0 spiro atoms. The highest BCUT2D eigenvalue weighted by molar-refractivity contribution is 5.73. The van der Waals surface area contributed by atoms with E-state index >= 15 is 0 Å². The lowest BCUT2D eigenvalue weighted by atomic mass is 10.1. The second-order valence-electron chi connectivity index (χ2n) is 5.59. The minimum atomic E-state index is -1.34. The third-order valence-electron chi connectivity index (χ3n) is 3.69. The molecule has 1 atom stereocenters. The molecule has 0 aliphatic rings. The Morgan fingerprint density at radius 3 is 2.29 bits per heavy atom. The molecule has 6 heteroatoms. The van der Waals surface area contributed by atoms with E-state index in [1.807, 2.05) is 30.3 Å². The summed E-state index contributed by atoms with van der Waals surface area (Å²) >= 11 is 0. The number of rotatable bonds is 8. The van der Waals surface area contributed by atoms with Crippen LogP contribution in [-0.4, -0.2) is 29.0 Å². The lowest BCUT2D eigenvalue weighted by Crippen LogP contribution is -2.32. The maximum absolute atomic E-state index is 13.8. The molecule has 2 rings (SSSR count). The van der Waals surface area contributed by atoms with Crippen LogP contribution in [0.25, 0.3) is 0 Å². The third kappa shape index (κ3) is 5.11. The van der Waals surface area contributed by atoms with E-state index in [0.717, 1.165) is 17.7 Å². The number of carbonyl (C=O) groups excluding carboxylic acids is 1. The van der Waals surface area contributed by atoms with E-state index in [1.54, 1.807) is 4.90 Å². The standard InChI is InChI=1S/C18H20F2N2O2/c19-14-7-4-8-15(20)18(14)16(23)12-22(10-9-17(21)24)11-13-5-2-1-3-6-13/h1-8,16,23H,9-12H2,(H2,21,24). The number of aliphatic hydroxyl groups is 1. The Labute approximate surface area is 139 Å². The number of nitrogens with zero attached hydrogens (tertiary/aromatic N) is 1. The van der Waals surface area contributed by atoms with Crippen LogP contribution in [0.2, 0.25) is 0 Å². The van der Waals surface area contributed by atoms with Gasteiger partial charge in [-0.3, -0.25) is 9.69 Å². The highest BCUT2D eigenvalue weighted by atomic mass is 19.1. The molecule has 4 nitrogen and oxygen atoms in total. The zero-order chi connectivity index (χ0) is 17.5. The molecular formula is C18H20F2N2O2. The number of benzene rings is 2. The first-order chi connectivity index (χ1) is 11.5. The van der Waals surface area contributed by atoms with Gasteiger partial charge in [0.2, 0.25) is 5.91 Å². The van der Waals surface area contributed by atoms with Gasteiger partial charge in [0.05, 0.1) is 11.7 Å². The molecule has 128 valence electrons. The highest BCUT2D eigenvalue weighted by Gasteiger charge is 2.21. The van der Waals surface area contributed by atoms with E-state index in [1.165, 1.54) is 6.07 Å². The summed E-state index contributed by atoms with van der Waals surface area (Å²) in [5.41, 5.74) is 5.77. The topological polar surface area (TPSA) is 66.6 Å². The molecule has 24 heavy (non-hydrogen) atoms. The Balaban J connectivity index is 2.13. The largest absolute Gasteiger partial charge is 0.387 e. The van der Waals surface area contributed by atoms with Gasteiger partial charge in [-0.2, -0.15) is 0 Å². The zero-order valence-electron chi connectivity index (χ0n) is 13.2. The van der Waals surface area contributed by atoms with Crippen molar-refractivity contribution in [2.75, 3.05) is 13.1 Å². The Morgan fingerprint density at radius 2 is 1.71 bits per heavy atom. The average molecular weight is 334 g/mol. The predicted octanol–water partition coefficient (Wildman–Crippen LogP) is 2.38. The van der Waals surface area contributed by atoms with Gasteiger partial charge in [-0.25, -0.2) is 8.78 Å². The smallest absolute Gasteiger partial charge is 0.218 e. The lowest BCUT2D eigenvalue weighted by molar-refractivity contribution is -0.118. The van der Waals surface area contributed by atoms with Gasteiger partial charge in [-0.15, -0.1) is 0 Å². The van der Waals surface area contributed by atoms with Crippen LogP contribution in [0.3, 0.4) is 0 Å². The third-order valence-corrected chi connectivity index (χ3v) is 3.69. The number of nitrogens with two attached hydrogens (primary N) is 1. The summed E-state index contributed by atoms with van der Waals surface area (Å²) < 4.78 is 27.6. The number of hydrogen-bond donors (Lipinski definition) is 2. The molecule has 0 aliphatic carbocycles. The molecule has 0 saturated carbocycles. The van der Waals surface area contributed by atoms with Crippen LogP contribution in [0.4, 0.5) is 8.78 Å². The first kappa shape index (κ1) is 18.0. The zero-order valence-corrected chi connectivity index (χ0v) is 13.2. The van der Waals surface area contributed by atoms with Crippen LogP contribution in [0.5, 0.6) is 0 Å². The van der Waals surface area contributed by atoms with E-state index in [4.69, 9.17) is 5.73 Å². The lowest BCUT2D eigenvalue weighted by Gasteiger charge is -2.25. The van der Waals surface area contributed by atoms with E-state index in [-0.39, 0.29) is 25.1 Å². The summed E-state index contributed by atoms with van der Waals surface area (Å²) in [6.45, 7) is 0.707. The van der Waals surface area contributed by atoms with E-state index in [2.05, 4.69) is 0 Å². The number of primary amides is 1. The van der Waals surface area contributed by atoms with Gasteiger partial charge in [0.15, 0.2) is 0 Å². The maximum Gasteiger partial charge on any atom is 0.218 e. The Kier molecular flexibility index (Phi) is 6.40. The van der Waals surface area contributed by atoms with Crippen molar-refractivity contribution >= 4 is 5.91 Å². The Morgan fingerprint density at radius 1 is 1.08 bits per heavy atom. The van der Waals surface area contributed by atoms with Gasteiger partial charge in [-0.1, -0.05) is 36.4 Å². The first-order valence-corrected chi connectivity index (χ1v) is 7.64. The van der Waals surface area contributed by atoms with Crippen LogP contribution < -0.4 is 5.73 Å². The fourth-order valence-corrected chi connectivity index (χ4v) is 2.51. The molecule has 0 fully saturated rings. The van der Waals surface area contributed by atoms with Crippen LogP contribution in [0.15, 0.2) is 48.5 Å². The molecule has 0 bridgehead atoms. The highest BCUT2D eigenvalue weighted by Crippen LogP contribution is 2.22. The van der Waals surface area contributed by atoms with Gasteiger partial charge < -0.3 is 10.8 Å². The van der Waals surface area contributed by atoms with Gasteiger partial charge in [0.1, 0.15) is 11.6 Å². The van der Waals surface area contributed by atoms with E-state index in [0.29, 0.717) is 6.54 Å². The molecule has 0 radical (unpaired) electrons. The molecule has 0 heterocycles. The van der Waals surface area contributed by atoms with Gasteiger partial charge in [-0.05, 0) is 17.7 Å². The van der Waals surface area contributed by atoms with Gasteiger partial charge in [0, 0.05) is 26.1 Å². The van der Waals surface area contributed by atoms with Crippen molar-refractivity contribution < 1.29 is 18.7 Å². The van der Waals surface area contributed by atoms with Crippen molar-refractivity contribution in [3.8, 4) is 0 Å². The monoisotopic (exact) mass is 334 g/mol. The predicted molar refractivity (Wildman–Crippen MR) is 86.8 cm³/mol. The Hall–Kier alpha value is -2.31. The molecule has 2 aromatic rings. The molecule has 1 unspecified atom stereocenters. The molecule has 1 amide bonds. The van der Waals surface area contributed by atoms with Crippen molar-refractivity contribution in [2.45, 2.75) is 19.1 Å². The van der Waals surface area contributed by atoms with Gasteiger partial charge >= 0.3 is 0 Å². The molecule has 2 aromatic carbocycles. The summed E-state index contributed by atoms with van der Waals surface area (Å²) in [7, 11) is 0. The van der Waals surface area contributed by atoms with Crippen LogP contribution >= 0.6 is 0 Å². The molecule has 0 aliphatic heterocycles. The maximum atomic E-state index is 13.8. The van der Waals surface area contributed by atoms with Crippen LogP contribution in [0, 0.1) is 11.6 Å². The quantitative estimate of drug-likeness (QED) is 0.779. The number of hydrogen-bond acceptors (Lipinski definition) is 3. The van der Waals surface area contributed by atoms with Crippen LogP contribution in [0.1, 0.15) is 23.7 Å². The Bertz CT molecular complexity index is 660. The summed E-state index contributed by atoms with van der Waals surface area (Å²) in [6.07, 6.45) is -1.25. The van der Waals surface area contributed by atoms with Gasteiger partial charge in [0.25, 0.3) is 0 Å². The molecule has 0 saturated heterocycles. The summed E-state index contributed by atoms with van der Waals surface area (Å²) in [5, 5.41) is 10.3. The van der Waals surface area contributed by atoms with Crippen molar-refractivity contribution in [1.29, 1.82) is 0 Å². The molecule has 3 N–H and O–H groups in total. The second kappa shape index (κ2) is 8.52. The minimum absolute atomic E-state index is 0.0139. The normalized spacial score (nSPS) is 12.3. The summed E-state index contributed by atoms with van der Waals surface area (Å²) in [4.78, 5) is 12.8.